The van der Waals surface area contributed by atoms with Crippen molar-refractivity contribution in [3.8, 4) is 0 Å². The van der Waals surface area contributed by atoms with E-state index in [0.717, 1.165) is 6.42 Å². The molecule has 0 aliphatic carbocycles. The molecule has 0 saturated carbocycles. The van der Waals surface area contributed by atoms with E-state index in [0.29, 0.717) is 6.04 Å². The molecule has 0 saturated heterocycles. The smallest absolute Gasteiger partial charge is 0.0116 e. The van der Waals surface area contributed by atoms with Gasteiger partial charge >= 0.3 is 0 Å². The number of hydrogen-bond acceptors (Lipinski definition) is 0. The van der Waals surface area contributed by atoms with Crippen LogP contribution in [0.4, 0.5) is 0 Å². The summed E-state index contributed by atoms with van der Waals surface area (Å²) in [4.78, 5) is 0. The van der Waals surface area contributed by atoms with Crippen LogP contribution in [0, 0.1) is 7.05 Å². The van der Waals surface area contributed by atoms with Crippen molar-refractivity contribution in [2.45, 2.75) is 26.3 Å². The SMILES string of the molecule is [CH2-][N]C(C)CC. The van der Waals surface area contributed by atoms with E-state index in [-0.39, 0.29) is 0 Å². The first-order chi connectivity index (χ1) is 2.81. The van der Waals surface area contributed by atoms with Crippen molar-refractivity contribution in [2.24, 2.45) is 0 Å². The van der Waals surface area contributed by atoms with Gasteiger partial charge in [0.1, 0.15) is 0 Å². The minimum atomic E-state index is 0.449. The van der Waals surface area contributed by atoms with Crippen LogP contribution < -0.4 is 5.32 Å². The molecule has 1 atom stereocenters. The minimum Gasteiger partial charge on any atom is -0.422 e. The Morgan fingerprint density at radius 3 is 2.33 bits per heavy atom. The molecule has 1 nitrogen and oxygen atoms in total. The second-order valence-corrected chi connectivity index (χ2v) is 1.44. The Hall–Kier alpha value is -0.0400. The first-order valence-electron chi connectivity index (χ1n) is 2.27. The first kappa shape index (κ1) is 5.96. The molecule has 1 heteroatoms. The van der Waals surface area contributed by atoms with Crippen LogP contribution in [-0.4, -0.2) is 6.04 Å². The van der Waals surface area contributed by atoms with Gasteiger partial charge in [-0.25, -0.2) is 0 Å². The van der Waals surface area contributed by atoms with Crippen molar-refractivity contribution in [3.63, 3.8) is 0 Å². The second-order valence-electron chi connectivity index (χ2n) is 1.44. The molecule has 6 heavy (non-hydrogen) atoms. The highest BCUT2D eigenvalue weighted by Gasteiger charge is 1.83. The second kappa shape index (κ2) is 3.16. The third kappa shape index (κ3) is 2.21. The van der Waals surface area contributed by atoms with E-state index in [4.69, 9.17) is 0 Å². The lowest BCUT2D eigenvalue weighted by Crippen LogP contribution is -2.09. The van der Waals surface area contributed by atoms with Crippen LogP contribution >= 0.6 is 0 Å². The first-order valence-corrected chi connectivity index (χ1v) is 2.27. The van der Waals surface area contributed by atoms with Crippen LogP contribution in [0.2, 0.25) is 0 Å². The molecule has 1 radical (unpaired) electrons. The Bertz CT molecular complexity index is 23.1. The Morgan fingerprint density at radius 2 is 2.33 bits per heavy atom. The fourth-order valence-corrected chi connectivity index (χ4v) is 0.129. The van der Waals surface area contributed by atoms with Crippen molar-refractivity contribution >= 4 is 0 Å². The highest BCUT2D eigenvalue weighted by molar-refractivity contribution is 4.52. The zero-order chi connectivity index (χ0) is 4.99. The molecule has 0 fully saturated rings. The molecule has 0 spiro atoms. The Kier molecular flexibility index (Phi) is 3.14. The zero-order valence-corrected chi connectivity index (χ0v) is 4.44. The van der Waals surface area contributed by atoms with Crippen LogP contribution in [0.3, 0.4) is 0 Å². The van der Waals surface area contributed by atoms with Gasteiger partial charge in [-0.05, 0) is 12.5 Å². The lowest BCUT2D eigenvalue weighted by molar-refractivity contribution is 0.606. The molecule has 1 unspecified atom stereocenters. The summed E-state index contributed by atoms with van der Waals surface area (Å²) >= 11 is 0. The average Bonchev–Trinajstić information content (AvgIpc) is 1.65. The van der Waals surface area contributed by atoms with Gasteiger partial charge in [0.05, 0.1) is 0 Å². The van der Waals surface area contributed by atoms with Crippen molar-refractivity contribution < 1.29 is 0 Å². The van der Waals surface area contributed by atoms with E-state index < -0.39 is 0 Å². The molecule has 0 heterocycles. The topological polar surface area (TPSA) is 14.1 Å². The lowest BCUT2D eigenvalue weighted by atomic mass is 10.3. The summed E-state index contributed by atoms with van der Waals surface area (Å²) in [6.07, 6.45) is 1.10. The standard InChI is InChI=1S/C5H11N/c1-4-5(2)6-3/h5H,3-4H2,1-2H3/q-1. The maximum absolute atomic E-state index is 3.76. The summed E-state index contributed by atoms with van der Waals surface area (Å²) in [5, 5.41) is 3.76. The van der Waals surface area contributed by atoms with Gasteiger partial charge < -0.3 is 5.32 Å². The van der Waals surface area contributed by atoms with E-state index in [9.17, 15) is 0 Å². The largest absolute Gasteiger partial charge is 0.422 e. The van der Waals surface area contributed by atoms with E-state index in [1.54, 1.807) is 0 Å². The van der Waals surface area contributed by atoms with E-state index in [1.807, 2.05) is 6.92 Å². The summed E-state index contributed by atoms with van der Waals surface area (Å²) in [6, 6.07) is 0.449. The molecule has 0 aromatic rings. The minimum absolute atomic E-state index is 0.449. The number of rotatable bonds is 2. The summed E-state index contributed by atoms with van der Waals surface area (Å²) < 4.78 is 0. The van der Waals surface area contributed by atoms with Gasteiger partial charge in [0, 0.05) is 0 Å². The number of hydrogen-bond donors (Lipinski definition) is 0. The van der Waals surface area contributed by atoms with Gasteiger partial charge in [0.15, 0.2) is 0 Å². The Morgan fingerprint density at radius 1 is 1.83 bits per heavy atom. The maximum Gasteiger partial charge on any atom is -0.0116 e. The van der Waals surface area contributed by atoms with Gasteiger partial charge in [-0.1, -0.05) is 13.8 Å². The van der Waals surface area contributed by atoms with Crippen LogP contribution in [-0.2, 0) is 0 Å². The summed E-state index contributed by atoms with van der Waals surface area (Å²) in [5.74, 6) is 0. The van der Waals surface area contributed by atoms with Gasteiger partial charge in [0.2, 0.25) is 0 Å². The van der Waals surface area contributed by atoms with Crippen molar-refractivity contribution in [2.75, 3.05) is 0 Å². The van der Waals surface area contributed by atoms with Crippen LogP contribution in [0.1, 0.15) is 20.3 Å². The maximum atomic E-state index is 3.76. The lowest BCUT2D eigenvalue weighted by Gasteiger charge is -2.07. The van der Waals surface area contributed by atoms with E-state index >= 15 is 0 Å². The predicted octanol–water partition coefficient (Wildman–Crippen LogP) is 1.18. The van der Waals surface area contributed by atoms with Gasteiger partial charge in [-0.2, -0.15) is 0 Å². The molecular formula is C5H11N-. The summed E-state index contributed by atoms with van der Waals surface area (Å²) in [7, 11) is 3.38. The van der Waals surface area contributed by atoms with Crippen LogP contribution in [0.5, 0.6) is 0 Å². The van der Waals surface area contributed by atoms with E-state index in [2.05, 4.69) is 19.3 Å². The fraction of sp³-hybridized carbons (Fsp3) is 0.800. The third-order valence-electron chi connectivity index (χ3n) is 0.902. The van der Waals surface area contributed by atoms with Crippen molar-refractivity contribution in [1.82, 2.24) is 5.32 Å². The van der Waals surface area contributed by atoms with Crippen LogP contribution in [0.25, 0.3) is 0 Å². The Balaban J connectivity index is 2.75. The molecule has 0 rings (SSSR count). The molecule has 0 aliphatic rings. The third-order valence-corrected chi connectivity index (χ3v) is 0.902. The summed E-state index contributed by atoms with van der Waals surface area (Å²) in [6.45, 7) is 4.15. The predicted molar refractivity (Wildman–Crippen MR) is 27.2 cm³/mol. The van der Waals surface area contributed by atoms with Crippen molar-refractivity contribution in [3.05, 3.63) is 7.05 Å². The quantitative estimate of drug-likeness (QED) is 0.447. The van der Waals surface area contributed by atoms with Crippen LogP contribution in [0.15, 0.2) is 0 Å². The summed E-state index contributed by atoms with van der Waals surface area (Å²) in [5.41, 5.74) is 0. The molecule has 37 valence electrons. The van der Waals surface area contributed by atoms with Gasteiger partial charge in [0.25, 0.3) is 0 Å². The van der Waals surface area contributed by atoms with Gasteiger partial charge in [-0.3, -0.25) is 7.05 Å². The van der Waals surface area contributed by atoms with Crippen molar-refractivity contribution in [1.29, 1.82) is 0 Å². The monoisotopic (exact) mass is 85.1 g/mol. The highest BCUT2D eigenvalue weighted by atomic mass is 14.8. The number of nitrogens with zero attached hydrogens (tertiary/aromatic N) is 1. The zero-order valence-electron chi connectivity index (χ0n) is 4.44. The molecule has 0 amide bonds. The Labute approximate surface area is 39.7 Å². The molecule has 0 aromatic heterocycles. The molecule has 0 aromatic carbocycles. The fourth-order valence-electron chi connectivity index (χ4n) is 0.129. The normalized spacial score (nSPS) is 14.5. The molecule has 0 bridgehead atoms. The molecule has 0 aliphatic heterocycles. The molecular weight excluding hydrogens is 74.1 g/mol. The van der Waals surface area contributed by atoms with Gasteiger partial charge in [-0.15, -0.1) is 0 Å². The van der Waals surface area contributed by atoms with E-state index in [1.165, 1.54) is 0 Å². The highest BCUT2D eigenvalue weighted by Crippen LogP contribution is 1.85. The molecule has 0 N–H and O–H groups in total. The average molecular weight is 85.2 g/mol.